The van der Waals surface area contributed by atoms with E-state index in [0.29, 0.717) is 11.3 Å². The second kappa shape index (κ2) is 7.32. The number of carbonyl (C=O) groups is 2. The van der Waals surface area contributed by atoms with E-state index in [0.717, 1.165) is 5.39 Å². The van der Waals surface area contributed by atoms with E-state index >= 15 is 0 Å². The monoisotopic (exact) mass is 316 g/mol. The lowest BCUT2D eigenvalue weighted by atomic mass is 10.1. The van der Waals surface area contributed by atoms with E-state index in [1.54, 1.807) is 31.2 Å². The highest BCUT2D eigenvalue weighted by molar-refractivity contribution is 6.01. The molecule has 4 N–H and O–H groups in total. The van der Waals surface area contributed by atoms with Gasteiger partial charge < -0.3 is 4.42 Å². The minimum Gasteiger partial charge on any atom is -0.422 e. The highest BCUT2D eigenvalue weighted by Gasteiger charge is 2.09. The fraction of sp³-hybridized carbons (Fsp3) is 0.200. The molecule has 0 aliphatic carbocycles. The van der Waals surface area contributed by atoms with Crippen LogP contribution < -0.4 is 22.3 Å². The summed E-state index contributed by atoms with van der Waals surface area (Å²) in [5.74, 6) is 4.01. The smallest absolute Gasteiger partial charge is 0.345 e. The molecule has 0 saturated carbocycles. The molecule has 0 fully saturated rings. The highest BCUT2D eigenvalue weighted by atomic mass is 16.4. The first-order valence-corrected chi connectivity index (χ1v) is 6.87. The first-order chi connectivity index (χ1) is 11.0. The molecule has 0 spiro atoms. The Hall–Kier alpha value is -3.00. The van der Waals surface area contributed by atoms with E-state index in [1.807, 2.05) is 11.5 Å². The van der Waals surface area contributed by atoms with Gasteiger partial charge in [-0.3, -0.25) is 15.0 Å². The van der Waals surface area contributed by atoms with Gasteiger partial charge in [0.25, 0.3) is 0 Å². The number of amides is 2. The average molecular weight is 316 g/mol. The predicted octanol–water partition coefficient (Wildman–Crippen LogP) is 0.403. The Morgan fingerprint density at radius 1 is 1.22 bits per heavy atom. The second-order valence-corrected chi connectivity index (χ2v) is 4.79. The molecular weight excluding hydrogens is 300 g/mol. The zero-order chi connectivity index (χ0) is 16.8. The molecule has 0 unspecified atom stereocenters. The van der Waals surface area contributed by atoms with Crippen molar-refractivity contribution < 1.29 is 14.0 Å². The van der Waals surface area contributed by atoms with Crippen molar-refractivity contribution in [3.63, 3.8) is 0 Å². The van der Waals surface area contributed by atoms with Crippen molar-refractivity contribution in [2.75, 3.05) is 0 Å². The summed E-state index contributed by atoms with van der Waals surface area (Å²) in [5, 5.41) is 4.61. The molecule has 120 valence electrons. The SMILES string of the molecule is C/C(=N\NC(=O)CCC(=O)NN)c1cc2ccccc2oc1=O. The summed E-state index contributed by atoms with van der Waals surface area (Å²) in [6.07, 6.45) is -0.110. The molecule has 1 heterocycles. The number of rotatable bonds is 5. The van der Waals surface area contributed by atoms with Gasteiger partial charge in [0.15, 0.2) is 0 Å². The molecule has 1 aromatic heterocycles. The molecule has 8 nitrogen and oxygen atoms in total. The minimum absolute atomic E-state index is 0.0466. The maximum Gasteiger partial charge on any atom is 0.345 e. The maximum atomic E-state index is 11.9. The largest absolute Gasteiger partial charge is 0.422 e. The molecule has 0 atom stereocenters. The van der Waals surface area contributed by atoms with Crippen molar-refractivity contribution in [2.24, 2.45) is 10.9 Å². The van der Waals surface area contributed by atoms with Crippen molar-refractivity contribution in [1.29, 1.82) is 0 Å². The zero-order valence-corrected chi connectivity index (χ0v) is 12.5. The highest BCUT2D eigenvalue weighted by Crippen LogP contribution is 2.12. The summed E-state index contributed by atoms with van der Waals surface area (Å²) in [7, 11) is 0. The summed E-state index contributed by atoms with van der Waals surface area (Å²) < 4.78 is 5.20. The average Bonchev–Trinajstić information content (AvgIpc) is 2.56. The lowest BCUT2D eigenvalue weighted by Gasteiger charge is -2.03. The summed E-state index contributed by atoms with van der Waals surface area (Å²) in [6, 6.07) is 8.73. The van der Waals surface area contributed by atoms with Gasteiger partial charge in [0.1, 0.15) is 5.58 Å². The van der Waals surface area contributed by atoms with Crippen molar-refractivity contribution in [2.45, 2.75) is 19.8 Å². The maximum absolute atomic E-state index is 11.9. The first-order valence-electron chi connectivity index (χ1n) is 6.87. The number of nitrogens with two attached hydrogens (primary N) is 1. The van der Waals surface area contributed by atoms with Crippen molar-refractivity contribution in [1.82, 2.24) is 10.9 Å². The molecule has 2 amide bonds. The molecule has 0 aliphatic rings. The van der Waals surface area contributed by atoms with Crippen LogP contribution in [0, 0.1) is 0 Å². The van der Waals surface area contributed by atoms with Gasteiger partial charge in [-0.25, -0.2) is 16.1 Å². The van der Waals surface area contributed by atoms with Gasteiger partial charge in [-0.05, 0) is 19.1 Å². The summed E-state index contributed by atoms with van der Waals surface area (Å²) in [6.45, 7) is 1.58. The van der Waals surface area contributed by atoms with E-state index in [2.05, 4.69) is 10.5 Å². The number of nitrogens with zero attached hydrogens (tertiary/aromatic N) is 1. The van der Waals surface area contributed by atoms with E-state index < -0.39 is 17.4 Å². The van der Waals surface area contributed by atoms with Gasteiger partial charge in [0.05, 0.1) is 11.3 Å². The fourth-order valence-electron chi connectivity index (χ4n) is 1.88. The Morgan fingerprint density at radius 3 is 2.65 bits per heavy atom. The van der Waals surface area contributed by atoms with Crippen molar-refractivity contribution in [3.05, 3.63) is 46.3 Å². The lowest BCUT2D eigenvalue weighted by molar-refractivity contribution is -0.126. The van der Waals surface area contributed by atoms with Crippen LogP contribution in [0.4, 0.5) is 0 Å². The quantitative estimate of drug-likeness (QED) is 0.242. The molecule has 0 aliphatic heterocycles. The molecule has 2 rings (SSSR count). The number of hydrazone groups is 1. The number of hydrogen-bond acceptors (Lipinski definition) is 6. The second-order valence-electron chi connectivity index (χ2n) is 4.79. The van der Waals surface area contributed by atoms with Crippen LogP contribution in [0.15, 0.2) is 44.6 Å². The van der Waals surface area contributed by atoms with E-state index in [-0.39, 0.29) is 18.4 Å². The third-order valence-electron chi connectivity index (χ3n) is 3.12. The Morgan fingerprint density at radius 2 is 1.91 bits per heavy atom. The van der Waals surface area contributed by atoms with Crippen LogP contribution in [0.25, 0.3) is 11.0 Å². The molecule has 0 bridgehead atoms. The molecule has 0 saturated heterocycles. The Balaban J connectivity index is 2.12. The molecule has 2 aromatic rings. The van der Waals surface area contributed by atoms with Crippen LogP contribution in [0.5, 0.6) is 0 Å². The Bertz CT molecular complexity index is 826. The minimum atomic E-state index is -0.540. The number of carbonyl (C=O) groups excluding carboxylic acids is 2. The van der Waals surface area contributed by atoms with E-state index in [9.17, 15) is 14.4 Å². The third kappa shape index (κ3) is 4.24. The summed E-state index contributed by atoms with van der Waals surface area (Å²) in [4.78, 5) is 34.4. The first kappa shape index (κ1) is 16.4. The van der Waals surface area contributed by atoms with Crippen LogP contribution in [0.1, 0.15) is 25.3 Å². The third-order valence-corrected chi connectivity index (χ3v) is 3.12. The van der Waals surface area contributed by atoms with E-state index in [1.165, 1.54) is 0 Å². The summed E-state index contributed by atoms with van der Waals surface area (Å²) >= 11 is 0. The predicted molar refractivity (Wildman–Crippen MR) is 84.4 cm³/mol. The van der Waals surface area contributed by atoms with Gasteiger partial charge in [0, 0.05) is 18.2 Å². The van der Waals surface area contributed by atoms with Gasteiger partial charge in [-0.15, -0.1) is 0 Å². The molecule has 1 aromatic carbocycles. The van der Waals surface area contributed by atoms with E-state index in [4.69, 9.17) is 10.3 Å². The number of hydrogen-bond donors (Lipinski definition) is 3. The zero-order valence-electron chi connectivity index (χ0n) is 12.5. The number of hydrazine groups is 1. The van der Waals surface area contributed by atoms with Crippen LogP contribution in [0.2, 0.25) is 0 Å². The normalized spacial score (nSPS) is 11.3. The molecule has 0 radical (unpaired) electrons. The Labute approximate surface area is 131 Å². The summed E-state index contributed by atoms with van der Waals surface area (Å²) in [5.41, 5.74) is 4.71. The number of para-hydroxylation sites is 1. The molecule has 8 heteroatoms. The van der Waals surface area contributed by atoms with Gasteiger partial charge in [-0.2, -0.15) is 5.10 Å². The van der Waals surface area contributed by atoms with Gasteiger partial charge >= 0.3 is 5.63 Å². The van der Waals surface area contributed by atoms with Gasteiger partial charge in [0.2, 0.25) is 11.8 Å². The number of benzene rings is 1. The fourth-order valence-corrected chi connectivity index (χ4v) is 1.88. The number of nitrogens with one attached hydrogen (secondary N) is 2. The van der Waals surface area contributed by atoms with Crippen molar-refractivity contribution >= 4 is 28.5 Å². The topological polar surface area (TPSA) is 127 Å². The van der Waals surface area contributed by atoms with Crippen LogP contribution in [-0.2, 0) is 9.59 Å². The van der Waals surface area contributed by atoms with Crippen LogP contribution in [0.3, 0.4) is 0 Å². The van der Waals surface area contributed by atoms with Crippen molar-refractivity contribution in [3.8, 4) is 0 Å². The van der Waals surface area contributed by atoms with Gasteiger partial charge in [-0.1, -0.05) is 18.2 Å². The molecule has 23 heavy (non-hydrogen) atoms. The van der Waals surface area contributed by atoms with Crippen LogP contribution in [-0.4, -0.2) is 17.5 Å². The molecular formula is C15H16N4O4. The lowest BCUT2D eigenvalue weighted by Crippen LogP contribution is -2.31. The van der Waals surface area contributed by atoms with Crippen LogP contribution >= 0.6 is 0 Å². The Kier molecular flexibility index (Phi) is 5.21. The number of fused-ring (bicyclic) bond motifs is 1. The standard InChI is InChI=1S/C15H16N4O4/c1-9(18-19-14(21)7-6-13(20)17-16)11-8-10-4-2-3-5-12(10)23-15(11)22/h2-5,8H,6-7,16H2,1H3,(H,17,20)(H,19,21)/b18-9+.